The monoisotopic (exact) mass is 409 g/mol. The fourth-order valence-electron chi connectivity index (χ4n) is 4.42. The SMILES string of the molecule is CCCCCn1c(=O)c2c(nc3n2C[C@@H](C)CN3CCc2ccccc2)n(C)c1=O. The topological polar surface area (TPSA) is 65.1 Å². The highest BCUT2D eigenvalue weighted by Crippen LogP contribution is 2.27. The Bertz CT molecular complexity index is 1140. The highest BCUT2D eigenvalue weighted by Gasteiger charge is 2.28. The van der Waals surface area contributed by atoms with Crippen molar-refractivity contribution in [2.45, 2.75) is 52.6 Å². The van der Waals surface area contributed by atoms with Gasteiger partial charge in [0, 0.05) is 33.2 Å². The van der Waals surface area contributed by atoms with Gasteiger partial charge in [0.2, 0.25) is 5.95 Å². The second kappa shape index (κ2) is 8.50. The molecule has 1 aromatic carbocycles. The Morgan fingerprint density at radius 2 is 1.83 bits per heavy atom. The molecule has 0 unspecified atom stereocenters. The highest BCUT2D eigenvalue weighted by molar-refractivity contribution is 5.75. The summed E-state index contributed by atoms with van der Waals surface area (Å²) in [7, 11) is 1.72. The minimum absolute atomic E-state index is 0.208. The van der Waals surface area contributed by atoms with Crippen LogP contribution in [-0.4, -0.2) is 31.8 Å². The van der Waals surface area contributed by atoms with Crippen molar-refractivity contribution in [2.75, 3.05) is 18.0 Å². The van der Waals surface area contributed by atoms with Crippen molar-refractivity contribution in [1.82, 2.24) is 18.7 Å². The molecule has 7 heteroatoms. The maximum atomic E-state index is 13.3. The van der Waals surface area contributed by atoms with E-state index in [9.17, 15) is 9.59 Å². The van der Waals surface area contributed by atoms with Gasteiger partial charge in [-0.1, -0.05) is 57.0 Å². The second-order valence-corrected chi connectivity index (χ2v) is 8.49. The molecule has 0 N–H and O–H groups in total. The van der Waals surface area contributed by atoms with Crippen molar-refractivity contribution in [1.29, 1.82) is 0 Å². The number of nitrogens with zero attached hydrogens (tertiary/aromatic N) is 5. The molecule has 7 nitrogen and oxygen atoms in total. The third-order valence-electron chi connectivity index (χ3n) is 6.02. The number of anilines is 1. The summed E-state index contributed by atoms with van der Waals surface area (Å²) in [5.41, 5.74) is 1.84. The number of aromatic nitrogens is 4. The molecule has 0 saturated carbocycles. The molecule has 160 valence electrons. The minimum atomic E-state index is -0.275. The van der Waals surface area contributed by atoms with Crippen molar-refractivity contribution >= 4 is 17.1 Å². The summed E-state index contributed by atoms with van der Waals surface area (Å²) in [6.07, 6.45) is 3.80. The molecule has 30 heavy (non-hydrogen) atoms. The lowest BCUT2D eigenvalue weighted by Crippen LogP contribution is -2.41. The second-order valence-electron chi connectivity index (χ2n) is 8.49. The van der Waals surface area contributed by atoms with E-state index in [0.717, 1.165) is 51.3 Å². The maximum absolute atomic E-state index is 13.3. The zero-order valence-corrected chi connectivity index (χ0v) is 18.2. The van der Waals surface area contributed by atoms with Crippen molar-refractivity contribution in [3.05, 3.63) is 56.7 Å². The van der Waals surface area contributed by atoms with E-state index < -0.39 is 0 Å². The Morgan fingerprint density at radius 3 is 2.57 bits per heavy atom. The fourth-order valence-corrected chi connectivity index (χ4v) is 4.42. The predicted octanol–water partition coefficient (Wildman–Crippen LogP) is 2.79. The van der Waals surface area contributed by atoms with Crippen LogP contribution in [0.25, 0.3) is 11.2 Å². The third kappa shape index (κ3) is 3.68. The smallest absolute Gasteiger partial charge is 0.332 e. The Morgan fingerprint density at radius 1 is 1.07 bits per heavy atom. The average Bonchev–Trinajstić information content (AvgIpc) is 3.13. The van der Waals surface area contributed by atoms with Crippen LogP contribution in [0.1, 0.15) is 38.7 Å². The summed E-state index contributed by atoms with van der Waals surface area (Å²) >= 11 is 0. The summed E-state index contributed by atoms with van der Waals surface area (Å²) in [6.45, 7) is 7.25. The van der Waals surface area contributed by atoms with Gasteiger partial charge in [0.15, 0.2) is 11.2 Å². The summed E-state index contributed by atoms with van der Waals surface area (Å²) in [4.78, 5) is 33.2. The molecule has 0 amide bonds. The van der Waals surface area contributed by atoms with Gasteiger partial charge in [-0.25, -0.2) is 4.79 Å². The first kappa shape index (κ1) is 20.4. The van der Waals surface area contributed by atoms with E-state index in [1.54, 1.807) is 7.05 Å². The van der Waals surface area contributed by atoms with Crippen molar-refractivity contribution in [3.8, 4) is 0 Å². The zero-order valence-electron chi connectivity index (χ0n) is 18.2. The first-order chi connectivity index (χ1) is 14.5. The van der Waals surface area contributed by atoms with Crippen molar-refractivity contribution < 1.29 is 0 Å². The molecule has 1 aliphatic rings. The van der Waals surface area contributed by atoms with E-state index in [1.165, 1.54) is 14.7 Å². The Kier molecular flexibility index (Phi) is 5.79. The lowest BCUT2D eigenvalue weighted by molar-refractivity contribution is 0.436. The van der Waals surface area contributed by atoms with Crippen LogP contribution in [0.2, 0.25) is 0 Å². The molecule has 4 rings (SSSR count). The molecular formula is C23H31N5O2. The number of benzene rings is 1. The lowest BCUT2D eigenvalue weighted by Gasteiger charge is -2.33. The van der Waals surface area contributed by atoms with Gasteiger partial charge in [-0.2, -0.15) is 4.98 Å². The summed E-state index contributed by atoms with van der Waals surface area (Å²) < 4.78 is 4.96. The zero-order chi connectivity index (χ0) is 21.3. The number of hydrogen-bond donors (Lipinski definition) is 0. The Balaban J connectivity index is 1.75. The molecule has 1 atom stereocenters. The van der Waals surface area contributed by atoms with Crippen LogP contribution in [0.5, 0.6) is 0 Å². The quantitative estimate of drug-likeness (QED) is 0.563. The number of rotatable bonds is 7. The third-order valence-corrected chi connectivity index (χ3v) is 6.02. The number of imidazole rings is 1. The van der Waals surface area contributed by atoms with Crippen LogP contribution in [-0.2, 0) is 26.6 Å². The van der Waals surface area contributed by atoms with E-state index in [1.807, 2.05) is 10.6 Å². The van der Waals surface area contributed by atoms with Crippen LogP contribution < -0.4 is 16.1 Å². The normalized spacial score (nSPS) is 16.2. The summed E-state index contributed by atoms with van der Waals surface area (Å²) in [5.74, 6) is 1.20. The van der Waals surface area contributed by atoms with Gasteiger partial charge in [-0.05, 0) is 24.3 Å². The van der Waals surface area contributed by atoms with E-state index >= 15 is 0 Å². The van der Waals surface area contributed by atoms with Gasteiger partial charge < -0.3 is 9.47 Å². The average molecular weight is 410 g/mol. The Labute approximate surface area is 176 Å². The van der Waals surface area contributed by atoms with Crippen LogP contribution in [0.3, 0.4) is 0 Å². The first-order valence-electron chi connectivity index (χ1n) is 11.0. The molecule has 0 aliphatic carbocycles. The number of hydrogen-bond acceptors (Lipinski definition) is 4. The molecule has 0 radical (unpaired) electrons. The minimum Gasteiger partial charge on any atom is -0.342 e. The van der Waals surface area contributed by atoms with Crippen molar-refractivity contribution in [2.24, 2.45) is 13.0 Å². The van der Waals surface area contributed by atoms with Gasteiger partial charge in [-0.3, -0.25) is 13.9 Å². The summed E-state index contributed by atoms with van der Waals surface area (Å²) in [5, 5.41) is 0. The summed E-state index contributed by atoms with van der Waals surface area (Å²) in [6, 6.07) is 10.4. The molecule has 3 aromatic rings. The Hall–Kier alpha value is -2.83. The number of fused-ring (bicyclic) bond motifs is 3. The van der Waals surface area contributed by atoms with Gasteiger partial charge >= 0.3 is 5.69 Å². The molecule has 3 heterocycles. The molecule has 0 bridgehead atoms. The van der Waals surface area contributed by atoms with E-state index in [2.05, 4.69) is 43.0 Å². The molecule has 0 fully saturated rings. The van der Waals surface area contributed by atoms with E-state index in [4.69, 9.17) is 4.98 Å². The number of aryl methyl sites for hydroxylation is 1. The van der Waals surface area contributed by atoms with Crippen LogP contribution in [0, 0.1) is 5.92 Å². The van der Waals surface area contributed by atoms with Crippen LogP contribution in [0.4, 0.5) is 5.95 Å². The van der Waals surface area contributed by atoms with Crippen molar-refractivity contribution in [3.63, 3.8) is 0 Å². The van der Waals surface area contributed by atoms with Gasteiger partial charge in [0.1, 0.15) is 0 Å². The van der Waals surface area contributed by atoms with Gasteiger partial charge in [0.25, 0.3) is 5.56 Å². The largest absolute Gasteiger partial charge is 0.342 e. The van der Waals surface area contributed by atoms with E-state index in [-0.39, 0.29) is 11.2 Å². The highest BCUT2D eigenvalue weighted by atomic mass is 16.2. The molecule has 1 aliphatic heterocycles. The molecule has 0 spiro atoms. The standard InChI is InChI=1S/C23H31N5O2/c1-4-5-9-13-27-21(29)19-20(25(3)23(27)30)24-22-26(15-17(2)16-28(19)22)14-12-18-10-7-6-8-11-18/h6-8,10-11,17H,4-5,9,12-16H2,1-3H3/t17-/m0/s1. The fraction of sp³-hybridized carbons (Fsp3) is 0.522. The molecule has 0 saturated heterocycles. The molecule has 2 aromatic heterocycles. The number of unbranched alkanes of at least 4 members (excludes halogenated alkanes) is 2. The lowest BCUT2D eigenvalue weighted by atomic mass is 10.1. The van der Waals surface area contributed by atoms with E-state index in [0.29, 0.717) is 23.6 Å². The first-order valence-corrected chi connectivity index (χ1v) is 11.0. The molecular weight excluding hydrogens is 378 g/mol. The van der Waals surface area contributed by atoms with Gasteiger partial charge in [0.05, 0.1) is 0 Å². The van der Waals surface area contributed by atoms with Crippen LogP contribution >= 0.6 is 0 Å². The van der Waals surface area contributed by atoms with Gasteiger partial charge in [-0.15, -0.1) is 0 Å². The van der Waals surface area contributed by atoms with Crippen LogP contribution in [0.15, 0.2) is 39.9 Å². The predicted molar refractivity (Wildman–Crippen MR) is 120 cm³/mol. The maximum Gasteiger partial charge on any atom is 0.332 e.